The van der Waals surface area contributed by atoms with Crippen LogP contribution < -0.4 is 5.73 Å². The van der Waals surface area contributed by atoms with Crippen molar-refractivity contribution in [3.63, 3.8) is 0 Å². The highest BCUT2D eigenvalue weighted by atomic mass is 32.2. The topological polar surface area (TPSA) is 64.7 Å². The summed E-state index contributed by atoms with van der Waals surface area (Å²) >= 11 is 3.36. The van der Waals surface area contributed by atoms with Crippen molar-refractivity contribution in [2.24, 2.45) is 0 Å². The fraction of sp³-hybridized carbons (Fsp3) is 0.444. The van der Waals surface area contributed by atoms with Crippen LogP contribution in [0.25, 0.3) is 10.3 Å². The van der Waals surface area contributed by atoms with Gasteiger partial charge >= 0.3 is 0 Å². The number of nitrogens with zero attached hydrogens (tertiary/aromatic N) is 3. The number of nitrogens with two attached hydrogens (primary N) is 1. The Morgan fingerprint density at radius 1 is 1.47 bits per heavy atom. The van der Waals surface area contributed by atoms with Crippen LogP contribution in [0.5, 0.6) is 0 Å². The van der Waals surface area contributed by atoms with Crippen LogP contribution >= 0.6 is 23.1 Å². The quantitative estimate of drug-likeness (QED) is 0.657. The van der Waals surface area contributed by atoms with Gasteiger partial charge in [0.05, 0.1) is 6.20 Å². The molecule has 4 nitrogen and oxygen atoms in total. The van der Waals surface area contributed by atoms with Gasteiger partial charge in [-0.3, -0.25) is 0 Å². The maximum Gasteiger partial charge on any atom is 0.221 e. The fourth-order valence-corrected chi connectivity index (χ4v) is 3.24. The largest absolute Gasteiger partial charge is 0.368 e. The van der Waals surface area contributed by atoms with E-state index in [0.717, 1.165) is 20.4 Å². The number of aromatic nitrogens is 3. The van der Waals surface area contributed by atoms with E-state index in [2.05, 4.69) is 21.9 Å². The van der Waals surface area contributed by atoms with Gasteiger partial charge in [-0.25, -0.2) is 15.0 Å². The number of rotatable bonds is 4. The average molecular weight is 240 g/mol. The standard InChI is InChI=1S/C9H12N4S2/c1-2-3-4-14-9-12-6-5-11-8(10)13-7(6)15-9/h5H,2-4H2,1H3,(H2,10,11,13). The molecule has 2 aromatic rings. The van der Waals surface area contributed by atoms with Crippen LogP contribution in [-0.4, -0.2) is 20.7 Å². The van der Waals surface area contributed by atoms with Crippen LogP contribution in [0.3, 0.4) is 0 Å². The van der Waals surface area contributed by atoms with E-state index in [1.807, 2.05) is 0 Å². The smallest absolute Gasteiger partial charge is 0.221 e. The van der Waals surface area contributed by atoms with E-state index >= 15 is 0 Å². The predicted molar refractivity (Wildman–Crippen MR) is 65.3 cm³/mol. The zero-order chi connectivity index (χ0) is 10.7. The van der Waals surface area contributed by atoms with Gasteiger partial charge < -0.3 is 5.73 Å². The Morgan fingerprint density at radius 2 is 2.33 bits per heavy atom. The van der Waals surface area contributed by atoms with Gasteiger partial charge in [0, 0.05) is 5.75 Å². The summed E-state index contributed by atoms with van der Waals surface area (Å²) in [6, 6.07) is 0. The summed E-state index contributed by atoms with van der Waals surface area (Å²) < 4.78 is 1.05. The molecule has 0 aliphatic carbocycles. The molecule has 0 amide bonds. The van der Waals surface area contributed by atoms with Crippen LogP contribution in [0.2, 0.25) is 0 Å². The predicted octanol–water partition coefficient (Wildman–Crippen LogP) is 2.56. The van der Waals surface area contributed by atoms with E-state index in [1.165, 1.54) is 12.8 Å². The third kappa shape index (κ3) is 2.57. The molecule has 0 unspecified atom stereocenters. The second kappa shape index (κ2) is 4.76. The molecule has 0 aromatic carbocycles. The summed E-state index contributed by atoms with van der Waals surface area (Å²) in [6.07, 6.45) is 4.11. The van der Waals surface area contributed by atoms with Crippen LogP contribution in [0.1, 0.15) is 19.8 Å². The lowest BCUT2D eigenvalue weighted by atomic mass is 10.4. The highest BCUT2D eigenvalue weighted by molar-refractivity contribution is 8.01. The van der Waals surface area contributed by atoms with Crippen molar-refractivity contribution in [1.82, 2.24) is 15.0 Å². The molecule has 0 aliphatic heterocycles. The molecule has 2 aromatic heterocycles. The zero-order valence-corrected chi connectivity index (χ0v) is 10.1. The van der Waals surface area contributed by atoms with Crippen LogP contribution in [0.4, 0.5) is 5.95 Å². The zero-order valence-electron chi connectivity index (χ0n) is 8.43. The number of nitrogen functional groups attached to an aromatic ring is 1. The van der Waals surface area contributed by atoms with Gasteiger partial charge in [0.1, 0.15) is 10.3 Å². The molecule has 0 radical (unpaired) electrons. The molecular weight excluding hydrogens is 228 g/mol. The Hall–Kier alpha value is -0.880. The Labute approximate surface area is 96.3 Å². The second-order valence-electron chi connectivity index (χ2n) is 3.10. The molecule has 2 rings (SSSR count). The summed E-state index contributed by atoms with van der Waals surface area (Å²) in [5.74, 6) is 1.43. The third-order valence-electron chi connectivity index (χ3n) is 1.87. The molecule has 0 bridgehead atoms. The van der Waals surface area contributed by atoms with Crippen molar-refractivity contribution in [3.8, 4) is 0 Å². The maximum absolute atomic E-state index is 5.50. The van der Waals surface area contributed by atoms with E-state index in [-0.39, 0.29) is 0 Å². The summed E-state index contributed by atoms with van der Waals surface area (Å²) in [6.45, 7) is 2.19. The van der Waals surface area contributed by atoms with E-state index in [1.54, 1.807) is 29.3 Å². The maximum atomic E-state index is 5.50. The van der Waals surface area contributed by atoms with Crippen molar-refractivity contribution in [3.05, 3.63) is 6.20 Å². The fourth-order valence-electron chi connectivity index (χ4n) is 1.09. The van der Waals surface area contributed by atoms with Crippen LogP contribution in [-0.2, 0) is 0 Å². The van der Waals surface area contributed by atoms with Gasteiger partial charge in [-0.05, 0) is 6.42 Å². The minimum Gasteiger partial charge on any atom is -0.368 e. The van der Waals surface area contributed by atoms with Gasteiger partial charge in [0.15, 0.2) is 4.34 Å². The van der Waals surface area contributed by atoms with E-state index in [0.29, 0.717) is 5.95 Å². The molecule has 6 heteroatoms. The summed E-state index contributed by atoms with van der Waals surface area (Å²) in [5.41, 5.74) is 6.35. The van der Waals surface area contributed by atoms with Gasteiger partial charge in [0.2, 0.25) is 5.95 Å². The first-order valence-corrected chi connectivity index (χ1v) is 6.61. The molecular formula is C9H12N4S2. The number of anilines is 1. The third-order valence-corrected chi connectivity index (χ3v) is 4.07. The van der Waals surface area contributed by atoms with E-state index < -0.39 is 0 Å². The normalized spacial score (nSPS) is 11.0. The van der Waals surface area contributed by atoms with Crippen molar-refractivity contribution < 1.29 is 0 Å². The molecule has 0 spiro atoms. The highest BCUT2D eigenvalue weighted by Crippen LogP contribution is 2.28. The Balaban J connectivity index is 2.16. The Kier molecular flexibility index (Phi) is 3.37. The SMILES string of the molecule is CCCCSc1nc2cnc(N)nc2s1. The number of hydrogen-bond donors (Lipinski definition) is 1. The number of hydrogen-bond acceptors (Lipinski definition) is 6. The number of fused-ring (bicyclic) bond motifs is 1. The second-order valence-corrected chi connectivity index (χ2v) is 5.42. The molecule has 0 aliphatic rings. The van der Waals surface area contributed by atoms with Crippen molar-refractivity contribution in [2.45, 2.75) is 24.1 Å². The lowest BCUT2D eigenvalue weighted by molar-refractivity contribution is 0.896. The lowest BCUT2D eigenvalue weighted by Crippen LogP contribution is -1.92. The summed E-state index contributed by atoms with van der Waals surface area (Å²) in [5, 5.41) is 0. The average Bonchev–Trinajstić information content (AvgIpc) is 2.60. The number of thioether (sulfide) groups is 1. The van der Waals surface area contributed by atoms with Gasteiger partial charge in [-0.2, -0.15) is 0 Å². The van der Waals surface area contributed by atoms with Crippen molar-refractivity contribution >= 4 is 39.4 Å². The monoisotopic (exact) mass is 240 g/mol. The summed E-state index contributed by atoms with van der Waals surface area (Å²) in [7, 11) is 0. The van der Waals surface area contributed by atoms with Gasteiger partial charge in [0.25, 0.3) is 0 Å². The Morgan fingerprint density at radius 3 is 3.13 bits per heavy atom. The molecule has 0 atom stereocenters. The van der Waals surface area contributed by atoms with Crippen LogP contribution in [0.15, 0.2) is 10.5 Å². The van der Waals surface area contributed by atoms with E-state index in [4.69, 9.17) is 5.73 Å². The molecule has 0 fully saturated rings. The Bertz CT molecular complexity index is 454. The van der Waals surface area contributed by atoms with E-state index in [9.17, 15) is 0 Å². The highest BCUT2D eigenvalue weighted by Gasteiger charge is 2.05. The molecule has 0 saturated heterocycles. The first-order chi connectivity index (χ1) is 7.29. The first-order valence-electron chi connectivity index (χ1n) is 4.81. The van der Waals surface area contributed by atoms with Gasteiger partial charge in [-0.1, -0.05) is 36.4 Å². The summed E-state index contributed by atoms with van der Waals surface area (Å²) in [4.78, 5) is 13.4. The van der Waals surface area contributed by atoms with Gasteiger partial charge in [-0.15, -0.1) is 0 Å². The van der Waals surface area contributed by atoms with Crippen molar-refractivity contribution in [1.29, 1.82) is 0 Å². The molecule has 15 heavy (non-hydrogen) atoms. The molecule has 0 saturated carbocycles. The number of unbranched alkanes of at least 4 members (excludes halogenated alkanes) is 1. The minimum absolute atomic E-state index is 0.316. The minimum atomic E-state index is 0.316. The number of thiazole rings is 1. The van der Waals surface area contributed by atoms with Crippen LogP contribution in [0, 0.1) is 0 Å². The molecule has 80 valence electrons. The first kappa shape index (κ1) is 10.6. The molecule has 2 heterocycles. The van der Waals surface area contributed by atoms with Crippen molar-refractivity contribution in [2.75, 3.05) is 11.5 Å². The lowest BCUT2D eigenvalue weighted by Gasteiger charge is -1.92. The molecule has 2 N–H and O–H groups in total.